The van der Waals surface area contributed by atoms with E-state index in [4.69, 9.17) is 14.7 Å². The molecular weight excluding hydrogens is 264 g/mol. The molecule has 21 heavy (non-hydrogen) atoms. The Kier molecular flexibility index (Phi) is 3.53. The topological polar surface area (TPSA) is 54.3 Å². The Morgan fingerprint density at radius 1 is 1.38 bits per heavy atom. The van der Waals surface area contributed by atoms with Crippen LogP contribution in [0.3, 0.4) is 0 Å². The number of benzene rings is 1. The number of ether oxygens (including phenoxy) is 2. The average molecular weight is 286 g/mol. The number of rotatable bonds is 1. The van der Waals surface area contributed by atoms with E-state index in [1.54, 1.807) is 0 Å². The second-order valence-electron chi connectivity index (χ2n) is 6.98. The normalized spacial score (nSPS) is 32.5. The minimum absolute atomic E-state index is 0.00980. The summed E-state index contributed by atoms with van der Waals surface area (Å²) >= 11 is 0. The first kappa shape index (κ1) is 14.5. The van der Waals surface area contributed by atoms with Crippen LogP contribution in [0.5, 0.6) is 0 Å². The van der Waals surface area contributed by atoms with Crippen molar-refractivity contribution in [1.29, 1.82) is 5.26 Å². The smallest absolute Gasteiger partial charge is 0.164 e. The Labute approximate surface area is 126 Å². The molecule has 0 aliphatic carbocycles. The summed E-state index contributed by atoms with van der Waals surface area (Å²) in [5.41, 5.74) is 1.22. The van der Waals surface area contributed by atoms with Crippen LogP contribution in [0, 0.1) is 16.7 Å². The molecule has 2 aliphatic rings. The van der Waals surface area contributed by atoms with E-state index >= 15 is 0 Å². The Morgan fingerprint density at radius 2 is 2.19 bits per heavy atom. The summed E-state index contributed by atoms with van der Waals surface area (Å²) < 4.78 is 12.6. The van der Waals surface area contributed by atoms with Gasteiger partial charge in [-0.25, -0.2) is 0 Å². The summed E-state index contributed by atoms with van der Waals surface area (Å²) in [5.74, 6) is 0. The van der Waals surface area contributed by atoms with Gasteiger partial charge in [-0.3, -0.25) is 0 Å². The number of nitrogens with one attached hydrogen (secondary N) is 1. The summed E-state index contributed by atoms with van der Waals surface area (Å²) in [6, 6.07) is 9.95. The molecule has 0 saturated carbocycles. The lowest BCUT2D eigenvalue weighted by Crippen LogP contribution is -2.50. The number of nitrogens with zero attached hydrogens (tertiary/aromatic N) is 1. The van der Waals surface area contributed by atoms with Gasteiger partial charge in [0, 0.05) is 12.0 Å². The molecule has 4 nitrogen and oxygen atoms in total. The fourth-order valence-electron chi connectivity index (χ4n) is 3.13. The molecule has 3 atom stereocenters. The fraction of sp³-hybridized carbons (Fsp3) is 0.588. The predicted octanol–water partition coefficient (Wildman–Crippen LogP) is 2.53. The Morgan fingerprint density at radius 3 is 2.90 bits per heavy atom. The standard InChI is InChI=1S/C17H22N2O2/c1-16(2,3)15-20-14-11-19-8-7-17(14,21-15)13-6-4-5-12(9-13)10-18/h4-6,9,14-15,19H,7-8,11H2,1-3H3/t14-,15?,17-/m1/s1. The third kappa shape index (κ3) is 2.46. The van der Waals surface area contributed by atoms with Crippen molar-refractivity contribution >= 4 is 0 Å². The van der Waals surface area contributed by atoms with Crippen LogP contribution in [0.4, 0.5) is 0 Å². The number of hydrogen-bond acceptors (Lipinski definition) is 4. The van der Waals surface area contributed by atoms with Crippen molar-refractivity contribution in [2.24, 2.45) is 5.41 Å². The monoisotopic (exact) mass is 286 g/mol. The van der Waals surface area contributed by atoms with Crippen LogP contribution in [-0.2, 0) is 15.1 Å². The average Bonchev–Trinajstić information content (AvgIpc) is 2.88. The van der Waals surface area contributed by atoms with E-state index in [0.717, 1.165) is 25.1 Å². The van der Waals surface area contributed by atoms with Crippen molar-refractivity contribution in [3.05, 3.63) is 35.4 Å². The molecule has 1 aromatic carbocycles. The van der Waals surface area contributed by atoms with Gasteiger partial charge in [0.25, 0.3) is 0 Å². The van der Waals surface area contributed by atoms with Crippen LogP contribution < -0.4 is 5.32 Å². The van der Waals surface area contributed by atoms with E-state index in [0.29, 0.717) is 5.56 Å². The van der Waals surface area contributed by atoms with Crippen molar-refractivity contribution in [2.45, 2.75) is 45.2 Å². The quantitative estimate of drug-likeness (QED) is 0.862. The zero-order chi connectivity index (χ0) is 15.1. The number of nitriles is 1. The second-order valence-corrected chi connectivity index (χ2v) is 6.98. The first-order chi connectivity index (χ1) is 9.95. The van der Waals surface area contributed by atoms with Gasteiger partial charge in [-0.05, 0) is 30.7 Å². The first-order valence-electron chi connectivity index (χ1n) is 7.50. The van der Waals surface area contributed by atoms with Crippen molar-refractivity contribution in [3.8, 4) is 6.07 Å². The van der Waals surface area contributed by atoms with E-state index < -0.39 is 5.60 Å². The van der Waals surface area contributed by atoms with Gasteiger partial charge < -0.3 is 14.8 Å². The third-order valence-corrected chi connectivity index (χ3v) is 4.32. The number of hydrogen-bond donors (Lipinski definition) is 1. The molecule has 4 heteroatoms. The highest BCUT2D eigenvalue weighted by Gasteiger charge is 2.54. The van der Waals surface area contributed by atoms with Crippen LogP contribution in [0.15, 0.2) is 24.3 Å². The van der Waals surface area contributed by atoms with E-state index in [1.807, 2.05) is 24.3 Å². The van der Waals surface area contributed by atoms with Crippen LogP contribution in [-0.4, -0.2) is 25.5 Å². The molecule has 2 heterocycles. The summed E-state index contributed by atoms with van der Waals surface area (Å²) in [6.45, 7) is 8.06. The molecule has 112 valence electrons. The first-order valence-corrected chi connectivity index (χ1v) is 7.50. The predicted molar refractivity (Wildman–Crippen MR) is 79.5 cm³/mol. The molecule has 1 unspecified atom stereocenters. The highest BCUT2D eigenvalue weighted by Crippen LogP contribution is 2.47. The summed E-state index contributed by atoms with van der Waals surface area (Å²) in [7, 11) is 0. The van der Waals surface area contributed by atoms with Gasteiger partial charge in [0.2, 0.25) is 0 Å². The van der Waals surface area contributed by atoms with Gasteiger partial charge >= 0.3 is 0 Å². The Hall–Kier alpha value is -1.41. The lowest BCUT2D eigenvalue weighted by Gasteiger charge is -2.37. The van der Waals surface area contributed by atoms with Crippen LogP contribution >= 0.6 is 0 Å². The molecule has 1 aromatic rings. The summed E-state index contributed by atoms with van der Waals surface area (Å²) in [4.78, 5) is 0. The lowest BCUT2D eigenvalue weighted by atomic mass is 9.82. The van der Waals surface area contributed by atoms with Gasteiger partial charge in [-0.2, -0.15) is 5.26 Å². The van der Waals surface area contributed by atoms with Gasteiger partial charge in [0.15, 0.2) is 6.29 Å². The molecule has 0 radical (unpaired) electrons. The molecule has 0 bridgehead atoms. The van der Waals surface area contributed by atoms with Gasteiger partial charge in [-0.1, -0.05) is 32.9 Å². The van der Waals surface area contributed by atoms with Gasteiger partial charge in [0.1, 0.15) is 11.7 Å². The van der Waals surface area contributed by atoms with E-state index in [1.165, 1.54) is 0 Å². The highest BCUT2D eigenvalue weighted by molar-refractivity contribution is 5.37. The molecule has 3 rings (SSSR count). The fourth-order valence-corrected chi connectivity index (χ4v) is 3.13. The van der Waals surface area contributed by atoms with Crippen molar-refractivity contribution < 1.29 is 9.47 Å². The van der Waals surface area contributed by atoms with Crippen molar-refractivity contribution in [2.75, 3.05) is 13.1 Å². The zero-order valence-corrected chi connectivity index (χ0v) is 12.8. The largest absolute Gasteiger partial charge is 0.344 e. The van der Waals surface area contributed by atoms with Gasteiger partial charge in [-0.15, -0.1) is 0 Å². The molecule has 0 spiro atoms. The number of piperidine rings is 1. The Balaban J connectivity index is 2.01. The van der Waals surface area contributed by atoms with Crippen molar-refractivity contribution in [3.63, 3.8) is 0 Å². The molecule has 0 amide bonds. The van der Waals surface area contributed by atoms with E-state index in [9.17, 15) is 0 Å². The molecular formula is C17H22N2O2. The van der Waals surface area contributed by atoms with E-state index in [-0.39, 0.29) is 17.8 Å². The van der Waals surface area contributed by atoms with Crippen molar-refractivity contribution in [1.82, 2.24) is 5.32 Å². The minimum atomic E-state index is -0.434. The molecule has 2 saturated heterocycles. The van der Waals surface area contributed by atoms with E-state index in [2.05, 4.69) is 32.2 Å². The maximum atomic E-state index is 9.15. The molecule has 2 aliphatic heterocycles. The van der Waals surface area contributed by atoms with Crippen LogP contribution in [0.2, 0.25) is 0 Å². The molecule has 0 aromatic heterocycles. The third-order valence-electron chi connectivity index (χ3n) is 4.32. The molecule has 1 N–H and O–H groups in total. The Bertz CT molecular complexity index is 573. The lowest BCUT2D eigenvalue weighted by molar-refractivity contribution is -0.149. The second kappa shape index (κ2) is 5.10. The highest BCUT2D eigenvalue weighted by atomic mass is 16.7. The molecule has 2 fully saturated rings. The maximum absolute atomic E-state index is 9.15. The summed E-state index contributed by atoms with van der Waals surface area (Å²) in [6.07, 6.45) is 0.622. The summed E-state index contributed by atoms with van der Waals surface area (Å²) in [5, 5.41) is 12.5. The SMILES string of the molecule is CC(C)(C)C1O[C@@H]2CNCC[C@]2(c2cccc(C#N)c2)O1. The zero-order valence-electron chi connectivity index (χ0n) is 12.8. The maximum Gasteiger partial charge on any atom is 0.164 e. The van der Waals surface area contributed by atoms with Crippen LogP contribution in [0.1, 0.15) is 38.3 Å². The van der Waals surface area contributed by atoms with Crippen LogP contribution in [0.25, 0.3) is 0 Å². The minimum Gasteiger partial charge on any atom is -0.344 e. The van der Waals surface area contributed by atoms with Gasteiger partial charge in [0.05, 0.1) is 11.6 Å². The number of fused-ring (bicyclic) bond motifs is 1.